The molecule has 0 radical (unpaired) electrons. The number of anilines is 2. The Morgan fingerprint density at radius 2 is 1.44 bits per heavy atom. The van der Waals surface area contributed by atoms with Gasteiger partial charge in [0.2, 0.25) is 0 Å². The zero-order valence-electron chi connectivity index (χ0n) is 15.1. The Morgan fingerprint density at radius 3 is 2.26 bits per heavy atom. The van der Waals surface area contributed by atoms with Gasteiger partial charge >= 0.3 is 0 Å². The van der Waals surface area contributed by atoms with E-state index in [-0.39, 0.29) is 0 Å². The summed E-state index contributed by atoms with van der Waals surface area (Å²) >= 11 is 0. The van der Waals surface area contributed by atoms with Gasteiger partial charge in [-0.05, 0) is 29.8 Å². The molecule has 4 heterocycles. The van der Waals surface area contributed by atoms with Crippen LogP contribution >= 0.6 is 0 Å². The third-order valence-corrected chi connectivity index (χ3v) is 5.28. The van der Waals surface area contributed by atoms with Crippen molar-refractivity contribution in [3.8, 4) is 0 Å². The zero-order chi connectivity index (χ0) is 18.1. The van der Waals surface area contributed by atoms with Crippen molar-refractivity contribution in [3.63, 3.8) is 0 Å². The lowest BCUT2D eigenvalue weighted by Crippen LogP contribution is -2.47. The predicted octanol–water partition coefficient (Wildman–Crippen LogP) is 3.15. The normalized spacial score (nSPS) is 16.2. The van der Waals surface area contributed by atoms with E-state index in [4.69, 9.17) is 4.99 Å². The third kappa shape index (κ3) is 3.05. The van der Waals surface area contributed by atoms with E-state index in [9.17, 15) is 0 Å². The predicted molar refractivity (Wildman–Crippen MR) is 109 cm³/mol. The molecule has 1 fully saturated rings. The highest BCUT2D eigenvalue weighted by Crippen LogP contribution is 2.25. The number of rotatable bonds is 3. The number of aliphatic imine (C=N–C) groups is 1. The molecule has 0 amide bonds. The molecule has 2 aliphatic heterocycles. The molecule has 0 N–H and O–H groups in total. The first-order valence-corrected chi connectivity index (χ1v) is 9.38. The SMILES string of the molecule is c1ccc(N2CCN(c3cc(C4=NCc5ccccc54)ccn3)CC2)nc1. The second-order valence-corrected chi connectivity index (χ2v) is 6.89. The molecule has 0 spiro atoms. The quantitative estimate of drug-likeness (QED) is 0.724. The Kier molecular flexibility index (Phi) is 4.05. The van der Waals surface area contributed by atoms with Crippen LogP contribution in [0.1, 0.15) is 16.7 Å². The zero-order valence-corrected chi connectivity index (χ0v) is 15.1. The molecule has 2 aromatic heterocycles. The second-order valence-electron chi connectivity index (χ2n) is 6.89. The van der Waals surface area contributed by atoms with Gasteiger partial charge in [0.05, 0.1) is 12.3 Å². The van der Waals surface area contributed by atoms with Crippen molar-refractivity contribution < 1.29 is 0 Å². The van der Waals surface area contributed by atoms with Crippen molar-refractivity contribution in [2.75, 3.05) is 36.0 Å². The Morgan fingerprint density at radius 1 is 0.704 bits per heavy atom. The van der Waals surface area contributed by atoms with E-state index in [0.29, 0.717) is 0 Å². The minimum absolute atomic E-state index is 0.770. The summed E-state index contributed by atoms with van der Waals surface area (Å²) in [5.41, 5.74) is 4.78. The number of hydrogen-bond acceptors (Lipinski definition) is 5. The standard InChI is InChI=1S/C22H21N5/c1-2-6-19-18(5-1)16-25-22(19)17-8-10-24-21(15-17)27-13-11-26(12-14-27)20-7-3-4-9-23-20/h1-10,15H,11-14,16H2. The monoisotopic (exact) mass is 355 g/mol. The first-order chi connectivity index (χ1) is 13.4. The van der Waals surface area contributed by atoms with Gasteiger partial charge in [0, 0.05) is 49.7 Å². The Labute approximate surface area is 159 Å². The van der Waals surface area contributed by atoms with Crippen molar-refractivity contribution in [2.24, 2.45) is 4.99 Å². The van der Waals surface area contributed by atoms with Gasteiger partial charge in [-0.25, -0.2) is 9.97 Å². The second kappa shape index (κ2) is 6.83. The molecular formula is C22H21N5. The van der Waals surface area contributed by atoms with Gasteiger partial charge in [-0.2, -0.15) is 0 Å². The van der Waals surface area contributed by atoms with Crippen molar-refractivity contribution in [3.05, 3.63) is 83.7 Å². The van der Waals surface area contributed by atoms with Crippen molar-refractivity contribution in [2.45, 2.75) is 6.54 Å². The molecule has 0 unspecified atom stereocenters. The van der Waals surface area contributed by atoms with E-state index in [1.807, 2.05) is 24.5 Å². The molecule has 0 atom stereocenters. The minimum Gasteiger partial charge on any atom is -0.353 e. The van der Waals surface area contributed by atoms with Gasteiger partial charge in [0.1, 0.15) is 11.6 Å². The van der Waals surface area contributed by atoms with E-state index < -0.39 is 0 Å². The maximum absolute atomic E-state index is 4.77. The lowest BCUT2D eigenvalue weighted by molar-refractivity contribution is 0.642. The van der Waals surface area contributed by atoms with Gasteiger partial charge < -0.3 is 9.80 Å². The topological polar surface area (TPSA) is 44.6 Å². The van der Waals surface area contributed by atoms with E-state index in [2.05, 4.69) is 62.2 Å². The molecule has 3 aromatic rings. The lowest BCUT2D eigenvalue weighted by Gasteiger charge is -2.36. The molecule has 0 bridgehead atoms. The summed E-state index contributed by atoms with van der Waals surface area (Å²) in [6.07, 6.45) is 3.76. The molecule has 5 rings (SSSR count). The molecule has 0 saturated carbocycles. The number of piperazine rings is 1. The maximum Gasteiger partial charge on any atom is 0.129 e. The summed E-state index contributed by atoms with van der Waals surface area (Å²) in [5, 5.41) is 0. The average Bonchev–Trinajstić information content (AvgIpc) is 3.19. The number of benzene rings is 1. The van der Waals surface area contributed by atoms with Crippen LogP contribution < -0.4 is 9.80 Å². The number of nitrogens with zero attached hydrogens (tertiary/aromatic N) is 5. The molecule has 5 nitrogen and oxygen atoms in total. The van der Waals surface area contributed by atoms with Crippen LogP contribution in [0.15, 0.2) is 72.0 Å². The lowest BCUT2D eigenvalue weighted by atomic mass is 10.0. The Balaban J connectivity index is 1.34. The van der Waals surface area contributed by atoms with Gasteiger partial charge in [-0.1, -0.05) is 30.3 Å². The summed E-state index contributed by atoms with van der Waals surface area (Å²) in [6.45, 7) is 4.55. The number of fused-ring (bicyclic) bond motifs is 1. The van der Waals surface area contributed by atoms with E-state index in [0.717, 1.165) is 55.6 Å². The van der Waals surface area contributed by atoms with Crippen molar-refractivity contribution in [1.29, 1.82) is 0 Å². The Hall–Kier alpha value is -3.21. The molecule has 1 saturated heterocycles. The van der Waals surface area contributed by atoms with Crippen LogP contribution in [0.25, 0.3) is 0 Å². The fraction of sp³-hybridized carbons (Fsp3) is 0.227. The highest BCUT2D eigenvalue weighted by Gasteiger charge is 2.21. The van der Waals surface area contributed by atoms with Gasteiger partial charge in [-0.3, -0.25) is 4.99 Å². The third-order valence-electron chi connectivity index (χ3n) is 5.28. The summed E-state index contributed by atoms with van der Waals surface area (Å²) in [7, 11) is 0. The number of aromatic nitrogens is 2. The van der Waals surface area contributed by atoms with Gasteiger partial charge in [-0.15, -0.1) is 0 Å². The van der Waals surface area contributed by atoms with Crippen LogP contribution in [-0.2, 0) is 6.54 Å². The smallest absolute Gasteiger partial charge is 0.129 e. The van der Waals surface area contributed by atoms with Gasteiger partial charge in [0.25, 0.3) is 0 Å². The molecule has 5 heteroatoms. The van der Waals surface area contributed by atoms with Crippen LogP contribution in [0, 0.1) is 0 Å². The van der Waals surface area contributed by atoms with Crippen molar-refractivity contribution in [1.82, 2.24) is 9.97 Å². The molecule has 1 aromatic carbocycles. The fourth-order valence-corrected chi connectivity index (χ4v) is 3.83. The minimum atomic E-state index is 0.770. The maximum atomic E-state index is 4.77. The van der Waals surface area contributed by atoms with Crippen LogP contribution in [0.5, 0.6) is 0 Å². The fourth-order valence-electron chi connectivity index (χ4n) is 3.83. The molecule has 134 valence electrons. The van der Waals surface area contributed by atoms with Crippen LogP contribution in [-0.4, -0.2) is 41.9 Å². The van der Waals surface area contributed by atoms with Crippen LogP contribution in [0.4, 0.5) is 11.6 Å². The molecule has 27 heavy (non-hydrogen) atoms. The first kappa shape index (κ1) is 16.0. The highest BCUT2D eigenvalue weighted by atomic mass is 15.3. The average molecular weight is 355 g/mol. The van der Waals surface area contributed by atoms with Crippen LogP contribution in [0.2, 0.25) is 0 Å². The summed E-state index contributed by atoms with van der Waals surface area (Å²) in [4.78, 5) is 18.5. The molecule has 0 aliphatic carbocycles. The summed E-state index contributed by atoms with van der Waals surface area (Å²) in [5.74, 6) is 2.08. The van der Waals surface area contributed by atoms with Gasteiger partial charge in [0.15, 0.2) is 0 Å². The van der Waals surface area contributed by atoms with E-state index >= 15 is 0 Å². The largest absolute Gasteiger partial charge is 0.353 e. The number of hydrogen-bond donors (Lipinski definition) is 0. The number of pyridine rings is 2. The Bertz CT molecular complexity index is 975. The van der Waals surface area contributed by atoms with Crippen LogP contribution in [0.3, 0.4) is 0 Å². The molecule has 2 aliphatic rings. The molecular weight excluding hydrogens is 334 g/mol. The highest BCUT2D eigenvalue weighted by molar-refractivity contribution is 6.15. The summed E-state index contributed by atoms with van der Waals surface area (Å²) < 4.78 is 0. The van der Waals surface area contributed by atoms with E-state index in [1.165, 1.54) is 11.1 Å². The van der Waals surface area contributed by atoms with Crippen molar-refractivity contribution >= 4 is 17.3 Å². The summed E-state index contributed by atoms with van der Waals surface area (Å²) in [6, 6.07) is 18.8. The first-order valence-electron chi connectivity index (χ1n) is 9.38. The van der Waals surface area contributed by atoms with E-state index in [1.54, 1.807) is 0 Å².